The molecule has 1 aliphatic rings. The van der Waals surface area contributed by atoms with Gasteiger partial charge in [-0.2, -0.15) is 4.31 Å². The van der Waals surface area contributed by atoms with Crippen LogP contribution in [0.1, 0.15) is 31.9 Å². The molecule has 6 nitrogen and oxygen atoms in total. The first kappa shape index (κ1) is 24.2. The van der Waals surface area contributed by atoms with Crippen molar-refractivity contribution in [2.45, 2.75) is 33.1 Å². The van der Waals surface area contributed by atoms with Crippen molar-refractivity contribution < 1.29 is 17.6 Å². The van der Waals surface area contributed by atoms with E-state index in [1.54, 1.807) is 30.0 Å². The van der Waals surface area contributed by atoms with E-state index in [0.29, 0.717) is 43.9 Å². The van der Waals surface area contributed by atoms with E-state index in [9.17, 15) is 13.2 Å². The normalized spacial score (nSPS) is 14.9. The molecule has 1 amide bonds. The van der Waals surface area contributed by atoms with Crippen LogP contribution in [0.2, 0.25) is 0 Å². The molecule has 0 radical (unpaired) electrons. The van der Waals surface area contributed by atoms with Gasteiger partial charge in [0.1, 0.15) is 5.82 Å². The number of benzene rings is 2. The van der Waals surface area contributed by atoms with Gasteiger partial charge in [-0.25, -0.2) is 12.8 Å². The van der Waals surface area contributed by atoms with Crippen molar-refractivity contribution in [1.82, 2.24) is 9.21 Å². The lowest BCUT2D eigenvalue weighted by Crippen LogP contribution is -2.48. The molecule has 0 bridgehead atoms. The summed E-state index contributed by atoms with van der Waals surface area (Å²) in [5.41, 5.74) is 1.81. The minimum absolute atomic E-state index is 0.00241. The number of sulfonamides is 1. The molecule has 2 aromatic carbocycles. The van der Waals surface area contributed by atoms with Gasteiger partial charge < -0.3 is 9.80 Å². The standard InChI is InChI=1S/C24H32FN3O3S/c1-19(2)16-28(32(30,31)18-21-7-5-4-6-8-21)17-22-9-10-23(15-24(22)25)27-13-11-26(12-14-27)20(3)29/h4-10,15,19H,11-14,16-18H2,1-3H3. The van der Waals surface area contributed by atoms with Gasteiger partial charge in [-0.1, -0.05) is 50.2 Å². The van der Waals surface area contributed by atoms with Crippen molar-refractivity contribution in [2.24, 2.45) is 5.92 Å². The van der Waals surface area contributed by atoms with Crippen LogP contribution in [0.15, 0.2) is 48.5 Å². The number of amides is 1. The Bertz CT molecular complexity index is 1020. The predicted octanol–water partition coefficient (Wildman–Crippen LogP) is 3.48. The second-order valence-electron chi connectivity index (χ2n) is 8.70. The highest BCUT2D eigenvalue weighted by Crippen LogP contribution is 2.23. The topological polar surface area (TPSA) is 60.9 Å². The van der Waals surface area contributed by atoms with E-state index >= 15 is 4.39 Å². The average molecular weight is 462 g/mol. The molecule has 0 aromatic heterocycles. The summed E-state index contributed by atoms with van der Waals surface area (Å²) in [6.45, 7) is 8.28. The molecule has 32 heavy (non-hydrogen) atoms. The maximum atomic E-state index is 15.0. The minimum atomic E-state index is -3.61. The van der Waals surface area contributed by atoms with Crippen LogP contribution < -0.4 is 4.90 Å². The van der Waals surface area contributed by atoms with Crippen LogP contribution in [0.4, 0.5) is 10.1 Å². The molecule has 1 heterocycles. The first-order chi connectivity index (χ1) is 15.2. The number of anilines is 1. The molecule has 0 spiro atoms. The maximum Gasteiger partial charge on any atom is 0.219 e. The Morgan fingerprint density at radius 2 is 1.72 bits per heavy atom. The van der Waals surface area contributed by atoms with Crippen LogP contribution in [0, 0.1) is 11.7 Å². The molecule has 1 aliphatic heterocycles. The molecule has 0 aliphatic carbocycles. The molecule has 2 aromatic rings. The third-order valence-corrected chi connectivity index (χ3v) is 7.39. The highest BCUT2D eigenvalue weighted by Gasteiger charge is 2.25. The number of rotatable bonds is 8. The van der Waals surface area contributed by atoms with Crippen molar-refractivity contribution in [3.05, 3.63) is 65.5 Å². The van der Waals surface area contributed by atoms with Gasteiger partial charge in [-0.05, 0) is 23.6 Å². The molecule has 174 valence electrons. The van der Waals surface area contributed by atoms with Crippen molar-refractivity contribution in [2.75, 3.05) is 37.6 Å². The van der Waals surface area contributed by atoms with Crippen molar-refractivity contribution in [3.8, 4) is 0 Å². The van der Waals surface area contributed by atoms with E-state index in [1.807, 2.05) is 43.0 Å². The first-order valence-electron chi connectivity index (χ1n) is 11.0. The predicted molar refractivity (Wildman–Crippen MR) is 125 cm³/mol. The summed E-state index contributed by atoms with van der Waals surface area (Å²) in [5.74, 6) is -0.366. The fourth-order valence-corrected chi connectivity index (χ4v) is 5.55. The summed E-state index contributed by atoms with van der Waals surface area (Å²) < 4.78 is 42.6. The fourth-order valence-electron chi connectivity index (χ4n) is 3.89. The highest BCUT2D eigenvalue weighted by atomic mass is 32.2. The zero-order valence-corrected chi connectivity index (χ0v) is 19.8. The van der Waals surface area contributed by atoms with Gasteiger partial charge >= 0.3 is 0 Å². The number of hydrogen-bond acceptors (Lipinski definition) is 4. The second-order valence-corrected chi connectivity index (χ2v) is 10.7. The van der Waals surface area contributed by atoms with Crippen LogP contribution in [-0.4, -0.2) is 56.3 Å². The Balaban J connectivity index is 1.74. The number of piperazine rings is 1. The number of carbonyl (C=O) groups is 1. The first-order valence-corrected chi connectivity index (χ1v) is 12.6. The summed E-state index contributed by atoms with van der Waals surface area (Å²) in [4.78, 5) is 15.3. The average Bonchev–Trinajstić information content (AvgIpc) is 2.74. The van der Waals surface area contributed by atoms with E-state index in [0.717, 1.165) is 5.69 Å². The SMILES string of the molecule is CC(=O)N1CCN(c2ccc(CN(CC(C)C)S(=O)(=O)Cc3ccccc3)c(F)c2)CC1. The molecular weight excluding hydrogens is 429 g/mol. The van der Waals surface area contributed by atoms with Gasteiger partial charge in [-0.3, -0.25) is 4.79 Å². The summed E-state index contributed by atoms with van der Waals surface area (Å²) in [6.07, 6.45) is 0. The quantitative estimate of drug-likeness (QED) is 0.604. The van der Waals surface area contributed by atoms with Gasteiger partial charge in [0.25, 0.3) is 0 Å². The molecule has 1 fully saturated rings. The highest BCUT2D eigenvalue weighted by molar-refractivity contribution is 7.88. The smallest absolute Gasteiger partial charge is 0.219 e. The van der Waals surface area contributed by atoms with Crippen LogP contribution in [0.25, 0.3) is 0 Å². The fraction of sp³-hybridized carbons (Fsp3) is 0.458. The largest absolute Gasteiger partial charge is 0.368 e. The van der Waals surface area contributed by atoms with E-state index in [4.69, 9.17) is 0 Å². The van der Waals surface area contributed by atoms with Gasteiger partial charge in [0.15, 0.2) is 0 Å². The zero-order chi connectivity index (χ0) is 23.3. The second kappa shape index (κ2) is 10.4. The Kier molecular flexibility index (Phi) is 7.90. The molecule has 0 atom stereocenters. The maximum absolute atomic E-state index is 15.0. The third-order valence-electron chi connectivity index (χ3n) is 5.63. The third kappa shape index (κ3) is 6.29. The van der Waals surface area contributed by atoms with Crippen LogP contribution >= 0.6 is 0 Å². The van der Waals surface area contributed by atoms with Crippen LogP contribution in [0.3, 0.4) is 0 Å². The number of halogens is 1. The summed E-state index contributed by atoms with van der Waals surface area (Å²) >= 11 is 0. The van der Waals surface area contributed by atoms with Gasteiger partial charge in [0.2, 0.25) is 15.9 Å². The van der Waals surface area contributed by atoms with Gasteiger partial charge in [0, 0.05) is 57.4 Å². The van der Waals surface area contributed by atoms with Crippen molar-refractivity contribution in [1.29, 1.82) is 0 Å². The lowest BCUT2D eigenvalue weighted by Gasteiger charge is -2.35. The molecule has 0 saturated carbocycles. The lowest BCUT2D eigenvalue weighted by molar-refractivity contribution is -0.129. The Morgan fingerprint density at radius 1 is 1.06 bits per heavy atom. The summed E-state index contributed by atoms with van der Waals surface area (Å²) in [5, 5.41) is 0. The molecule has 0 N–H and O–H groups in total. The molecule has 8 heteroatoms. The van der Waals surface area contributed by atoms with Gasteiger partial charge in [-0.15, -0.1) is 0 Å². The number of nitrogens with zero attached hydrogens (tertiary/aromatic N) is 3. The van der Waals surface area contributed by atoms with E-state index in [-0.39, 0.29) is 24.1 Å². The van der Waals surface area contributed by atoms with Crippen LogP contribution in [-0.2, 0) is 27.1 Å². The molecule has 3 rings (SSSR count). The van der Waals surface area contributed by atoms with Gasteiger partial charge in [0.05, 0.1) is 5.75 Å². The molecule has 0 unspecified atom stereocenters. The Hall–Kier alpha value is -2.45. The van der Waals surface area contributed by atoms with Crippen molar-refractivity contribution in [3.63, 3.8) is 0 Å². The van der Waals surface area contributed by atoms with Crippen LogP contribution in [0.5, 0.6) is 0 Å². The number of carbonyl (C=O) groups excluding carboxylic acids is 1. The van der Waals surface area contributed by atoms with E-state index < -0.39 is 15.8 Å². The van der Waals surface area contributed by atoms with E-state index in [1.165, 1.54) is 10.4 Å². The lowest BCUT2D eigenvalue weighted by atomic mass is 10.1. The monoisotopic (exact) mass is 461 g/mol. The van der Waals surface area contributed by atoms with Crippen molar-refractivity contribution >= 4 is 21.6 Å². The Morgan fingerprint density at radius 3 is 2.28 bits per heavy atom. The zero-order valence-electron chi connectivity index (χ0n) is 19.0. The Labute approximate surface area is 190 Å². The molecule has 1 saturated heterocycles. The van der Waals surface area contributed by atoms with E-state index in [2.05, 4.69) is 0 Å². The molecular formula is C24H32FN3O3S. The number of hydrogen-bond donors (Lipinski definition) is 0. The minimum Gasteiger partial charge on any atom is -0.368 e. The summed E-state index contributed by atoms with van der Waals surface area (Å²) in [6, 6.07) is 14.0. The summed E-state index contributed by atoms with van der Waals surface area (Å²) in [7, 11) is -3.61.